The molecule has 18 heavy (non-hydrogen) atoms. The number of hydrogen-bond donors (Lipinski definition) is 2. The van der Waals surface area contributed by atoms with Crippen LogP contribution in [0, 0.1) is 0 Å². The van der Waals surface area contributed by atoms with Gasteiger partial charge in [-0.3, -0.25) is 0 Å². The van der Waals surface area contributed by atoms with Gasteiger partial charge in [0.15, 0.2) is 15.7 Å². The van der Waals surface area contributed by atoms with E-state index in [-0.39, 0.29) is 10.7 Å². The maximum Gasteiger partial charge on any atom is 0.182 e. The Morgan fingerprint density at radius 1 is 1.50 bits per heavy atom. The van der Waals surface area contributed by atoms with Crippen molar-refractivity contribution in [1.29, 1.82) is 0 Å². The van der Waals surface area contributed by atoms with E-state index in [1.54, 1.807) is 11.3 Å². The number of thiophene rings is 1. The van der Waals surface area contributed by atoms with E-state index in [2.05, 4.69) is 9.69 Å². The van der Waals surface area contributed by atoms with E-state index in [0.29, 0.717) is 11.5 Å². The molecule has 0 fully saturated rings. The van der Waals surface area contributed by atoms with E-state index in [1.165, 1.54) is 4.88 Å². The predicted octanol–water partition coefficient (Wildman–Crippen LogP) is 1.84. The Balaban J connectivity index is 2.06. The van der Waals surface area contributed by atoms with E-state index in [4.69, 9.17) is 5.73 Å². The highest BCUT2D eigenvalue weighted by atomic mass is 32.2. The van der Waals surface area contributed by atoms with E-state index < -0.39 is 9.84 Å². The fraction of sp³-hybridized carbons (Fsp3) is 0.300. The Morgan fingerprint density at radius 2 is 2.28 bits per heavy atom. The van der Waals surface area contributed by atoms with Crippen molar-refractivity contribution < 1.29 is 8.42 Å². The average molecular weight is 303 g/mol. The first-order valence-corrected chi connectivity index (χ1v) is 8.74. The van der Waals surface area contributed by atoms with Crippen LogP contribution in [-0.4, -0.2) is 25.6 Å². The average Bonchev–Trinajstić information content (AvgIpc) is 2.87. The third-order valence-corrected chi connectivity index (χ3v) is 5.32. The maximum atomic E-state index is 11.6. The Bertz CT molecular complexity index is 617. The van der Waals surface area contributed by atoms with Gasteiger partial charge in [0, 0.05) is 17.7 Å². The van der Waals surface area contributed by atoms with E-state index in [0.717, 1.165) is 24.2 Å². The van der Waals surface area contributed by atoms with E-state index in [9.17, 15) is 8.42 Å². The van der Waals surface area contributed by atoms with Crippen molar-refractivity contribution in [3.63, 3.8) is 0 Å². The van der Waals surface area contributed by atoms with Crippen molar-refractivity contribution >= 4 is 43.5 Å². The molecule has 0 aliphatic rings. The molecular formula is C10H13N3O2S3. The molecule has 5 nitrogen and oxygen atoms in total. The molecule has 0 aliphatic carbocycles. The molecular weight excluding hydrogens is 290 g/mol. The number of anilines is 2. The van der Waals surface area contributed by atoms with Crippen LogP contribution in [0.25, 0.3) is 0 Å². The number of nitrogens with zero attached hydrogens (tertiary/aromatic N) is 1. The molecule has 0 amide bonds. The van der Waals surface area contributed by atoms with Gasteiger partial charge in [0.25, 0.3) is 0 Å². The molecule has 2 rings (SSSR count). The van der Waals surface area contributed by atoms with Crippen LogP contribution in [-0.2, 0) is 16.3 Å². The third-order valence-electron chi connectivity index (χ3n) is 2.28. The summed E-state index contributed by atoms with van der Waals surface area (Å²) in [7, 11) is -3.34. The Labute approximate surface area is 114 Å². The molecule has 8 heteroatoms. The van der Waals surface area contributed by atoms with Gasteiger partial charge in [-0.2, -0.15) is 4.37 Å². The van der Waals surface area contributed by atoms with Gasteiger partial charge < -0.3 is 11.1 Å². The zero-order chi connectivity index (χ0) is 13.2. The number of rotatable bonds is 5. The minimum Gasteiger partial charge on any atom is -0.382 e. The van der Waals surface area contributed by atoms with Crippen LogP contribution in [0.3, 0.4) is 0 Å². The quantitative estimate of drug-likeness (QED) is 0.880. The first-order valence-electron chi connectivity index (χ1n) is 5.20. The molecule has 2 aromatic rings. The summed E-state index contributed by atoms with van der Waals surface area (Å²) in [4.78, 5) is 1.36. The summed E-state index contributed by atoms with van der Waals surface area (Å²) in [6.07, 6.45) is 1.98. The van der Waals surface area contributed by atoms with Crippen molar-refractivity contribution in [3.8, 4) is 0 Å². The van der Waals surface area contributed by atoms with Crippen LogP contribution in [0.5, 0.6) is 0 Å². The summed E-state index contributed by atoms with van der Waals surface area (Å²) in [6, 6.07) is 4.04. The highest BCUT2D eigenvalue weighted by molar-refractivity contribution is 7.91. The standard InChI is InChI=1S/C10H13N3O2S3/c1-18(14,15)8-9(11)13-17-10(8)12-5-4-7-3-2-6-16-7/h2-3,6,12H,4-5H2,1H3,(H2,11,13). The molecule has 0 radical (unpaired) electrons. The van der Waals surface area contributed by atoms with Gasteiger partial charge in [0.05, 0.1) is 0 Å². The van der Waals surface area contributed by atoms with Crippen LogP contribution in [0.15, 0.2) is 22.4 Å². The molecule has 2 aromatic heterocycles. The largest absolute Gasteiger partial charge is 0.382 e. The fourth-order valence-corrected chi connectivity index (χ4v) is 4.32. The molecule has 3 N–H and O–H groups in total. The van der Waals surface area contributed by atoms with E-state index in [1.807, 2.05) is 17.5 Å². The second kappa shape index (κ2) is 5.25. The fourth-order valence-electron chi connectivity index (χ4n) is 1.52. The van der Waals surface area contributed by atoms with Gasteiger partial charge in [-0.15, -0.1) is 11.3 Å². The monoisotopic (exact) mass is 303 g/mol. The summed E-state index contributed by atoms with van der Waals surface area (Å²) >= 11 is 2.76. The zero-order valence-corrected chi connectivity index (χ0v) is 12.2. The van der Waals surface area contributed by atoms with Crippen LogP contribution in [0.4, 0.5) is 10.8 Å². The molecule has 0 aliphatic heterocycles. The van der Waals surface area contributed by atoms with Gasteiger partial charge in [-0.25, -0.2) is 8.42 Å². The summed E-state index contributed by atoms with van der Waals surface area (Å²) in [5, 5.41) is 5.62. The number of sulfone groups is 1. The van der Waals surface area contributed by atoms with Crippen LogP contribution in [0.1, 0.15) is 4.88 Å². The number of nitrogens with one attached hydrogen (secondary N) is 1. The van der Waals surface area contributed by atoms with Crippen molar-refractivity contribution in [2.45, 2.75) is 11.3 Å². The number of hydrogen-bond acceptors (Lipinski definition) is 7. The molecule has 0 spiro atoms. The Kier molecular flexibility index (Phi) is 3.88. The first kappa shape index (κ1) is 13.3. The Morgan fingerprint density at radius 3 is 2.89 bits per heavy atom. The van der Waals surface area contributed by atoms with E-state index >= 15 is 0 Å². The predicted molar refractivity (Wildman–Crippen MR) is 76.1 cm³/mol. The number of aromatic nitrogens is 1. The SMILES string of the molecule is CS(=O)(=O)c1c(N)nsc1NCCc1cccs1. The van der Waals surface area contributed by atoms with Gasteiger partial charge in [-0.1, -0.05) is 6.07 Å². The van der Waals surface area contributed by atoms with Crippen LogP contribution < -0.4 is 11.1 Å². The minimum atomic E-state index is -3.34. The lowest BCUT2D eigenvalue weighted by Crippen LogP contribution is -2.08. The normalized spacial score (nSPS) is 11.6. The summed E-state index contributed by atoms with van der Waals surface area (Å²) < 4.78 is 27.0. The van der Waals surface area contributed by atoms with Crippen molar-refractivity contribution in [2.75, 3.05) is 23.9 Å². The molecule has 0 aromatic carbocycles. The lowest BCUT2D eigenvalue weighted by atomic mass is 10.3. The third kappa shape index (κ3) is 3.01. The van der Waals surface area contributed by atoms with Crippen molar-refractivity contribution in [1.82, 2.24) is 4.37 Å². The second-order valence-electron chi connectivity index (χ2n) is 3.75. The van der Waals surface area contributed by atoms with Crippen molar-refractivity contribution in [2.24, 2.45) is 0 Å². The summed E-state index contributed by atoms with van der Waals surface area (Å²) in [6.45, 7) is 0.657. The molecule has 0 saturated carbocycles. The lowest BCUT2D eigenvalue weighted by Gasteiger charge is -2.04. The highest BCUT2D eigenvalue weighted by Crippen LogP contribution is 2.31. The molecule has 0 saturated heterocycles. The number of nitrogens with two attached hydrogens (primary N) is 1. The molecule has 98 valence electrons. The molecule has 2 heterocycles. The highest BCUT2D eigenvalue weighted by Gasteiger charge is 2.20. The minimum absolute atomic E-state index is 0.0705. The van der Waals surface area contributed by atoms with Gasteiger partial charge in [0.2, 0.25) is 0 Å². The summed E-state index contributed by atoms with van der Waals surface area (Å²) in [5.41, 5.74) is 5.58. The Hall–Kier alpha value is -1.12. The van der Waals surface area contributed by atoms with Gasteiger partial charge in [-0.05, 0) is 29.4 Å². The second-order valence-corrected chi connectivity index (χ2v) is 7.51. The van der Waals surface area contributed by atoms with Crippen molar-refractivity contribution in [3.05, 3.63) is 22.4 Å². The zero-order valence-electron chi connectivity index (χ0n) is 9.71. The van der Waals surface area contributed by atoms with Crippen LogP contribution in [0.2, 0.25) is 0 Å². The number of nitrogen functional groups attached to an aromatic ring is 1. The summed E-state index contributed by atoms with van der Waals surface area (Å²) in [5.74, 6) is 0.0705. The lowest BCUT2D eigenvalue weighted by molar-refractivity contribution is 0.602. The van der Waals surface area contributed by atoms with Crippen LogP contribution >= 0.6 is 22.9 Å². The van der Waals surface area contributed by atoms with Gasteiger partial charge >= 0.3 is 0 Å². The topological polar surface area (TPSA) is 85.1 Å². The molecule has 0 atom stereocenters. The molecule has 0 bridgehead atoms. The van der Waals surface area contributed by atoms with Gasteiger partial charge in [0.1, 0.15) is 9.90 Å². The maximum absolute atomic E-state index is 11.6. The molecule has 0 unspecified atom stereocenters. The smallest absolute Gasteiger partial charge is 0.182 e. The first-order chi connectivity index (χ1) is 8.48.